The molecular formula is C11H13ClN2OS. The Morgan fingerprint density at radius 3 is 2.94 bits per heavy atom. The van der Waals surface area contributed by atoms with E-state index >= 15 is 0 Å². The summed E-state index contributed by atoms with van der Waals surface area (Å²) in [5.74, 6) is 1.55. The Labute approximate surface area is 103 Å². The lowest BCUT2D eigenvalue weighted by Gasteiger charge is -2.09. The van der Waals surface area contributed by atoms with Crippen molar-refractivity contribution in [2.45, 2.75) is 26.4 Å². The van der Waals surface area contributed by atoms with Crippen LogP contribution in [-0.2, 0) is 6.54 Å². The maximum atomic E-state index is 5.88. The highest BCUT2D eigenvalue weighted by Gasteiger charge is 2.09. The Morgan fingerprint density at radius 1 is 1.56 bits per heavy atom. The van der Waals surface area contributed by atoms with Gasteiger partial charge in [0.05, 0.1) is 17.1 Å². The molecule has 0 fully saturated rings. The number of hydrogen-bond donors (Lipinski definition) is 1. The van der Waals surface area contributed by atoms with E-state index in [1.54, 1.807) is 17.5 Å². The first-order valence-corrected chi connectivity index (χ1v) is 6.24. The second kappa shape index (κ2) is 4.99. The van der Waals surface area contributed by atoms with Gasteiger partial charge in [-0.15, -0.1) is 11.3 Å². The molecule has 0 bridgehead atoms. The van der Waals surface area contributed by atoms with Gasteiger partial charge >= 0.3 is 0 Å². The number of nitrogens with zero attached hydrogens (tertiary/aromatic N) is 1. The molecule has 3 nitrogen and oxygen atoms in total. The molecule has 1 N–H and O–H groups in total. The van der Waals surface area contributed by atoms with Crippen molar-refractivity contribution in [2.75, 3.05) is 0 Å². The average Bonchev–Trinajstić information content (AvgIpc) is 2.84. The van der Waals surface area contributed by atoms with Crippen LogP contribution in [0.5, 0.6) is 0 Å². The van der Waals surface area contributed by atoms with Gasteiger partial charge in [-0.3, -0.25) is 0 Å². The number of aryl methyl sites for hydroxylation is 1. The van der Waals surface area contributed by atoms with Crippen molar-refractivity contribution in [1.82, 2.24) is 10.3 Å². The highest BCUT2D eigenvalue weighted by Crippen LogP contribution is 2.26. The monoisotopic (exact) mass is 256 g/mol. The van der Waals surface area contributed by atoms with Gasteiger partial charge in [-0.2, -0.15) is 0 Å². The molecule has 0 spiro atoms. The van der Waals surface area contributed by atoms with Crippen LogP contribution in [0.3, 0.4) is 0 Å². The van der Waals surface area contributed by atoms with E-state index in [4.69, 9.17) is 16.0 Å². The van der Waals surface area contributed by atoms with E-state index in [-0.39, 0.29) is 6.04 Å². The van der Waals surface area contributed by atoms with E-state index in [1.165, 1.54) is 4.88 Å². The van der Waals surface area contributed by atoms with Gasteiger partial charge in [0.2, 0.25) is 5.89 Å². The third-order valence-electron chi connectivity index (χ3n) is 2.25. The Morgan fingerprint density at radius 2 is 2.38 bits per heavy atom. The molecule has 16 heavy (non-hydrogen) atoms. The molecule has 2 aromatic rings. The van der Waals surface area contributed by atoms with Crippen molar-refractivity contribution < 1.29 is 4.42 Å². The minimum Gasteiger partial charge on any atom is -0.445 e. The molecule has 5 heteroatoms. The van der Waals surface area contributed by atoms with Gasteiger partial charge in [0.1, 0.15) is 5.76 Å². The van der Waals surface area contributed by atoms with Gasteiger partial charge in [0.25, 0.3) is 0 Å². The SMILES string of the molecule is Cc1cnc(CN[C@H](C)c2ccc(Cl)s2)o1. The highest BCUT2D eigenvalue weighted by molar-refractivity contribution is 7.16. The third kappa shape index (κ3) is 2.84. The molecular weight excluding hydrogens is 244 g/mol. The van der Waals surface area contributed by atoms with Crippen molar-refractivity contribution >= 4 is 22.9 Å². The minimum absolute atomic E-state index is 0.254. The van der Waals surface area contributed by atoms with E-state index in [0.29, 0.717) is 12.4 Å². The number of aromatic nitrogens is 1. The highest BCUT2D eigenvalue weighted by atomic mass is 35.5. The first kappa shape index (κ1) is 11.6. The lowest BCUT2D eigenvalue weighted by Crippen LogP contribution is -2.17. The molecule has 86 valence electrons. The van der Waals surface area contributed by atoms with E-state index < -0.39 is 0 Å². The molecule has 0 amide bonds. The summed E-state index contributed by atoms with van der Waals surface area (Å²) in [6.07, 6.45) is 1.73. The average molecular weight is 257 g/mol. The predicted molar refractivity (Wildman–Crippen MR) is 65.8 cm³/mol. The molecule has 1 atom stereocenters. The summed E-state index contributed by atoms with van der Waals surface area (Å²) in [4.78, 5) is 5.35. The Bertz CT molecular complexity index is 466. The summed E-state index contributed by atoms with van der Waals surface area (Å²) < 4.78 is 6.19. The zero-order valence-corrected chi connectivity index (χ0v) is 10.7. The van der Waals surface area contributed by atoms with Gasteiger partial charge in [-0.25, -0.2) is 4.98 Å². The number of hydrogen-bond acceptors (Lipinski definition) is 4. The molecule has 0 aliphatic rings. The van der Waals surface area contributed by atoms with Crippen molar-refractivity contribution in [3.63, 3.8) is 0 Å². The van der Waals surface area contributed by atoms with Crippen LogP contribution in [0.2, 0.25) is 4.34 Å². The van der Waals surface area contributed by atoms with E-state index in [9.17, 15) is 0 Å². The largest absolute Gasteiger partial charge is 0.445 e. The van der Waals surface area contributed by atoms with E-state index in [0.717, 1.165) is 10.1 Å². The Balaban J connectivity index is 1.91. The molecule has 2 heterocycles. The standard InChI is InChI=1S/C11H13ClN2OS/c1-7-5-14-11(15-7)6-13-8(2)9-3-4-10(12)16-9/h3-5,8,13H,6H2,1-2H3/t8-/m1/s1. The summed E-state index contributed by atoms with van der Waals surface area (Å²) in [6.45, 7) is 4.61. The molecule has 0 aliphatic heterocycles. The summed E-state index contributed by atoms with van der Waals surface area (Å²) in [5.41, 5.74) is 0. The van der Waals surface area contributed by atoms with Crippen LogP contribution in [0.1, 0.15) is 29.5 Å². The quantitative estimate of drug-likeness (QED) is 0.909. The number of rotatable bonds is 4. The molecule has 0 aromatic carbocycles. The smallest absolute Gasteiger partial charge is 0.208 e. The zero-order valence-electron chi connectivity index (χ0n) is 9.16. The summed E-state index contributed by atoms with van der Waals surface area (Å²) in [5, 5.41) is 3.34. The predicted octanol–water partition coefficient (Wildman–Crippen LogP) is 3.55. The van der Waals surface area contributed by atoms with Crippen LogP contribution >= 0.6 is 22.9 Å². The second-order valence-electron chi connectivity index (χ2n) is 3.61. The van der Waals surface area contributed by atoms with Gasteiger partial charge in [0, 0.05) is 10.9 Å². The molecule has 2 rings (SSSR count). The molecule has 2 aromatic heterocycles. The van der Waals surface area contributed by atoms with Crippen molar-refractivity contribution in [2.24, 2.45) is 0 Å². The fourth-order valence-corrected chi connectivity index (χ4v) is 2.47. The van der Waals surface area contributed by atoms with E-state index in [2.05, 4.69) is 17.2 Å². The zero-order chi connectivity index (χ0) is 11.5. The van der Waals surface area contributed by atoms with Crippen LogP contribution in [0.4, 0.5) is 0 Å². The third-order valence-corrected chi connectivity index (χ3v) is 3.66. The summed E-state index contributed by atoms with van der Waals surface area (Å²) >= 11 is 7.47. The van der Waals surface area contributed by atoms with Gasteiger partial charge < -0.3 is 9.73 Å². The number of oxazole rings is 1. The summed E-state index contributed by atoms with van der Waals surface area (Å²) in [7, 11) is 0. The molecule has 0 radical (unpaired) electrons. The lowest BCUT2D eigenvalue weighted by molar-refractivity contribution is 0.433. The lowest BCUT2D eigenvalue weighted by atomic mass is 10.3. The minimum atomic E-state index is 0.254. The molecule has 0 saturated heterocycles. The molecule has 0 saturated carbocycles. The van der Waals surface area contributed by atoms with E-state index in [1.807, 2.05) is 19.1 Å². The van der Waals surface area contributed by atoms with Gasteiger partial charge in [-0.1, -0.05) is 11.6 Å². The van der Waals surface area contributed by atoms with Gasteiger partial charge in [-0.05, 0) is 26.0 Å². The Kier molecular flexibility index (Phi) is 3.63. The van der Waals surface area contributed by atoms with Crippen molar-refractivity contribution in [3.8, 4) is 0 Å². The fourth-order valence-electron chi connectivity index (χ4n) is 1.39. The molecule has 0 unspecified atom stereocenters. The van der Waals surface area contributed by atoms with Crippen molar-refractivity contribution in [1.29, 1.82) is 0 Å². The number of thiophene rings is 1. The maximum Gasteiger partial charge on any atom is 0.208 e. The van der Waals surface area contributed by atoms with Crippen LogP contribution < -0.4 is 5.32 Å². The molecule has 0 aliphatic carbocycles. The number of nitrogens with one attached hydrogen (secondary N) is 1. The normalized spacial score (nSPS) is 12.9. The Hall–Kier alpha value is -0.840. The maximum absolute atomic E-state index is 5.88. The van der Waals surface area contributed by atoms with Crippen molar-refractivity contribution in [3.05, 3.63) is 39.2 Å². The first-order valence-electron chi connectivity index (χ1n) is 5.05. The topological polar surface area (TPSA) is 38.1 Å². The number of halogens is 1. The first-order chi connectivity index (χ1) is 7.65. The van der Waals surface area contributed by atoms with Gasteiger partial charge in [0.15, 0.2) is 0 Å². The van der Waals surface area contributed by atoms with Crippen LogP contribution in [0, 0.1) is 6.92 Å². The van der Waals surface area contributed by atoms with Crippen LogP contribution in [-0.4, -0.2) is 4.98 Å². The second-order valence-corrected chi connectivity index (χ2v) is 5.36. The van der Waals surface area contributed by atoms with Crippen LogP contribution in [0.25, 0.3) is 0 Å². The summed E-state index contributed by atoms with van der Waals surface area (Å²) in [6, 6.07) is 4.20. The fraction of sp³-hybridized carbons (Fsp3) is 0.364. The van der Waals surface area contributed by atoms with Crippen LogP contribution in [0.15, 0.2) is 22.7 Å².